The summed E-state index contributed by atoms with van der Waals surface area (Å²) < 4.78 is 26.2. The van der Waals surface area contributed by atoms with Gasteiger partial charge in [0.15, 0.2) is 11.6 Å². The molecule has 0 N–H and O–H groups in total. The maximum absolute atomic E-state index is 13.3. The molecule has 2 nitrogen and oxygen atoms in total. The fourth-order valence-electron chi connectivity index (χ4n) is 2.33. The van der Waals surface area contributed by atoms with Gasteiger partial charge in [-0.1, -0.05) is 12.1 Å². The van der Waals surface area contributed by atoms with E-state index in [0.717, 1.165) is 36.2 Å². The van der Waals surface area contributed by atoms with Gasteiger partial charge >= 0.3 is 0 Å². The number of hydrogen-bond acceptors (Lipinski definition) is 2. The highest BCUT2D eigenvalue weighted by Crippen LogP contribution is 2.29. The smallest absolute Gasteiger partial charge is 0.159 e. The van der Waals surface area contributed by atoms with Crippen molar-refractivity contribution in [1.82, 2.24) is 4.98 Å². The number of hydrogen-bond donors (Lipinski definition) is 0. The van der Waals surface area contributed by atoms with Gasteiger partial charge in [0.1, 0.15) is 0 Å². The molecule has 2 aromatic rings. The fraction of sp³-hybridized carbons (Fsp3) is 0.125. The summed E-state index contributed by atoms with van der Waals surface area (Å²) in [6.45, 7) is 0. The first-order valence-electron chi connectivity index (χ1n) is 6.24. The van der Waals surface area contributed by atoms with E-state index in [0.29, 0.717) is 16.7 Å². The van der Waals surface area contributed by atoms with Crippen molar-refractivity contribution in [3.63, 3.8) is 0 Å². The van der Waals surface area contributed by atoms with Crippen molar-refractivity contribution in [3.05, 3.63) is 59.4 Å². The molecule has 4 heteroatoms. The largest absolute Gasteiger partial charge is 0.260 e. The Labute approximate surface area is 115 Å². The van der Waals surface area contributed by atoms with E-state index in [4.69, 9.17) is 5.26 Å². The van der Waals surface area contributed by atoms with Crippen LogP contribution in [0.25, 0.3) is 16.7 Å². The molecule has 0 atom stereocenters. The lowest BCUT2D eigenvalue weighted by molar-refractivity contribution is 0.509. The van der Waals surface area contributed by atoms with Crippen molar-refractivity contribution in [2.45, 2.75) is 12.8 Å². The average Bonchev–Trinajstić information content (AvgIpc) is 2.49. The number of nitriles is 1. The van der Waals surface area contributed by atoms with Crippen LogP contribution in [0.3, 0.4) is 0 Å². The van der Waals surface area contributed by atoms with Gasteiger partial charge in [0, 0.05) is 23.0 Å². The third-order valence-electron chi connectivity index (χ3n) is 3.36. The molecule has 0 saturated heterocycles. The predicted molar refractivity (Wildman–Crippen MR) is 71.5 cm³/mol. The first-order chi connectivity index (χ1) is 9.69. The van der Waals surface area contributed by atoms with E-state index in [9.17, 15) is 8.78 Å². The zero-order valence-corrected chi connectivity index (χ0v) is 10.5. The van der Waals surface area contributed by atoms with E-state index in [1.807, 2.05) is 12.1 Å². The molecular formula is C16H10F2N2. The van der Waals surface area contributed by atoms with Gasteiger partial charge in [-0.05, 0) is 36.6 Å². The molecule has 20 heavy (non-hydrogen) atoms. The Morgan fingerprint density at radius 3 is 2.70 bits per heavy atom. The van der Waals surface area contributed by atoms with Crippen LogP contribution >= 0.6 is 0 Å². The first kappa shape index (κ1) is 12.5. The molecule has 0 radical (unpaired) electrons. The average molecular weight is 268 g/mol. The normalized spacial score (nSPS) is 13.3. The van der Waals surface area contributed by atoms with E-state index >= 15 is 0 Å². The third-order valence-corrected chi connectivity index (χ3v) is 3.36. The Balaban J connectivity index is 2.11. The molecule has 1 heterocycles. The fourth-order valence-corrected chi connectivity index (χ4v) is 2.33. The summed E-state index contributed by atoms with van der Waals surface area (Å²) >= 11 is 0. The number of aromatic nitrogens is 1. The van der Waals surface area contributed by atoms with Gasteiger partial charge in [0.25, 0.3) is 0 Å². The van der Waals surface area contributed by atoms with Crippen LogP contribution in [0.15, 0.2) is 36.5 Å². The number of fused-ring (bicyclic) bond motifs is 1. The molecule has 98 valence electrons. The van der Waals surface area contributed by atoms with Crippen molar-refractivity contribution in [2.75, 3.05) is 0 Å². The van der Waals surface area contributed by atoms with E-state index in [1.54, 1.807) is 6.20 Å². The Bertz CT molecular complexity index is 758. The lowest BCUT2D eigenvalue weighted by Gasteiger charge is -2.13. The molecule has 1 aromatic carbocycles. The zero-order valence-electron chi connectivity index (χ0n) is 10.5. The molecule has 0 fully saturated rings. The number of aryl methyl sites for hydroxylation is 1. The molecule has 0 bridgehead atoms. The summed E-state index contributed by atoms with van der Waals surface area (Å²) in [5.74, 6) is -1.77. The second-order valence-electron chi connectivity index (χ2n) is 4.62. The maximum Gasteiger partial charge on any atom is 0.159 e. The summed E-state index contributed by atoms with van der Waals surface area (Å²) in [7, 11) is 0. The summed E-state index contributed by atoms with van der Waals surface area (Å²) in [6, 6.07) is 7.68. The van der Waals surface area contributed by atoms with Crippen LogP contribution in [0.2, 0.25) is 0 Å². The summed E-state index contributed by atoms with van der Waals surface area (Å²) in [5.41, 5.74) is 3.45. The molecule has 1 aliphatic carbocycles. The van der Waals surface area contributed by atoms with Crippen LogP contribution in [0.5, 0.6) is 0 Å². The van der Waals surface area contributed by atoms with Crippen LogP contribution in [0, 0.1) is 23.0 Å². The van der Waals surface area contributed by atoms with Gasteiger partial charge < -0.3 is 0 Å². The molecule has 1 aromatic heterocycles. The van der Waals surface area contributed by atoms with Crippen molar-refractivity contribution >= 4 is 5.57 Å². The van der Waals surface area contributed by atoms with E-state index in [2.05, 4.69) is 11.1 Å². The molecule has 0 spiro atoms. The van der Waals surface area contributed by atoms with Gasteiger partial charge in [-0.2, -0.15) is 5.26 Å². The van der Waals surface area contributed by atoms with E-state index < -0.39 is 11.6 Å². The Kier molecular flexibility index (Phi) is 3.03. The second kappa shape index (κ2) is 4.86. The van der Waals surface area contributed by atoms with Gasteiger partial charge in [0.2, 0.25) is 0 Å². The molecule has 0 amide bonds. The lowest BCUT2D eigenvalue weighted by atomic mass is 9.93. The minimum atomic E-state index is -0.892. The molecular weight excluding hydrogens is 258 g/mol. The highest BCUT2D eigenvalue weighted by Gasteiger charge is 2.15. The number of rotatable bonds is 1. The van der Waals surface area contributed by atoms with Crippen molar-refractivity contribution < 1.29 is 8.78 Å². The molecule has 3 rings (SSSR count). The highest BCUT2D eigenvalue weighted by molar-refractivity contribution is 5.81. The Morgan fingerprint density at radius 2 is 1.95 bits per heavy atom. The van der Waals surface area contributed by atoms with Gasteiger partial charge in [-0.25, -0.2) is 8.78 Å². The molecule has 0 saturated carbocycles. The van der Waals surface area contributed by atoms with Gasteiger partial charge in [-0.3, -0.25) is 4.98 Å². The number of nitrogens with zero attached hydrogens (tertiary/aromatic N) is 2. The Morgan fingerprint density at radius 1 is 1.10 bits per heavy atom. The molecule has 0 unspecified atom stereocenters. The number of halogens is 2. The van der Waals surface area contributed by atoms with E-state index in [1.165, 1.54) is 6.07 Å². The summed E-state index contributed by atoms with van der Waals surface area (Å²) in [6.07, 6.45) is 5.09. The van der Waals surface area contributed by atoms with Crippen molar-refractivity contribution in [3.8, 4) is 17.2 Å². The van der Waals surface area contributed by atoms with Gasteiger partial charge in [0.05, 0.1) is 11.6 Å². The van der Waals surface area contributed by atoms with E-state index in [-0.39, 0.29) is 0 Å². The molecule has 1 aliphatic rings. The summed E-state index contributed by atoms with van der Waals surface area (Å²) in [5, 5.41) is 9.12. The standard InChI is InChI=1S/C16H10F2N2/c17-14-5-4-10(7-15(14)18)12-6-13-11(8-19)2-1-3-16(13)20-9-12/h2,4-7,9H,1,3H2. The minimum Gasteiger partial charge on any atom is -0.260 e. The SMILES string of the molecule is N#CC1=CCCc2ncc(-c3ccc(F)c(F)c3)cc21. The van der Waals surface area contributed by atoms with Crippen LogP contribution in [0.4, 0.5) is 8.78 Å². The number of benzene rings is 1. The third kappa shape index (κ3) is 2.08. The highest BCUT2D eigenvalue weighted by atomic mass is 19.2. The van der Waals surface area contributed by atoms with Crippen molar-refractivity contribution in [2.24, 2.45) is 0 Å². The lowest BCUT2D eigenvalue weighted by Crippen LogP contribution is -2.02. The minimum absolute atomic E-state index is 0.544. The Hall–Kier alpha value is -2.54. The maximum atomic E-state index is 13.3. The first-order valence-corrected chi connectivity index (χ1v) is 6.24. The second-order valence-corrected chi connectivity index (χ2v) is 4.62. The summed E-state index contributed by atoms with van der Waals surface area (Å²) in [4.78, 5) is 4.34. The molecule has 0 aliphatic heterocycles. The number of pyridine rings is 1. The van der Waals surface area contributed by atoms with Gasteiger partial charge in [-0.15, -0.1) is 0 Å². The van der Waals surface area contributed by atoms with Crippen LogP contribution in [0.1, 0.15) is 17.7 Å². The topological polar surface area (TPSA) is 36.7 Å². The predicted octanol–water partition coefficient (Wildman–Crippen LogP) is 3.88. The zero-order chi connectivity index (χ0) is 14.1. The van der Waals surface area contributed by atoms with Crippen LogP contribution in [-0.4, -0.2) is 4.98 Å². The monoisotopic (exact) mass is 268 g/mol. The van der Waals surface area contributed by atoms with Crippen molar-refractivity contribution in [1.29, 1.82) is 5.26 Å². The van der Waals surface area contributed by atoms with Crippen LogP contribution < -0.4 is 0 Å². The van der Waals surface area contributed by atoms with Crippen LogP contribution in [-0.2, 0) is 6.42 Å². The number of allylic oxidation sites excluding steroid dienone is 2. The quantitative estimate of drug-likeness (QED) is 0.787.